The van der Waals surface area contributed by atoms with Crippen molar-refractivity contribution >= 4 is 71.6 Å². The number of hydrogen-bond acceptors (Lipinski definition) is 4. The van der Waals surface area contributed by atoms with Crippen molar-refractivity contribution in [1.82, 2.24) is 4.98 Å². The van der Waals surface area contributed by atoms with E-state index in [4.69, 9.17) is 13.8 Å². The first-order valence-electron chi connectivity index (χ1n) is 18.5. The van der Waals surface area contributed by atoms with Crippen LogP contribution in [0.3, 0.4) is 0 Å². The van der Waals surface area contributed by atoms with Crippen LogP contribution in [0.5, 0.6) is 0 Å². The number of furan rings is 1. The fourth-order valence-corrected chi connectivity index (χ4v) is 8.03. The van der Waals surface area contributed by atoms with Gasteiger partial charge in [-0.25, -0.2) is 4.98 Å². The van der Waals surface area contributed by atoms with Crippen molar-refractivity contribution in [2.45, 2.75) is 0 Å². The molecule has 55 heavy (non-hydrogen) atoms. The number of para-hydroxylation sites is 1. The van der Waals surface area contributed by atoms with E-state index >= 15 is 0 Å². The standard InChI is InChI=1S/C51H32N2O2/c1-3-11-33(12-4-1)34-25-28-40(29-26-34)53(45-18-10-20-47-49(45)42-17-7-8-19-46(42)54-47)41-16-9-15-38(31-41)39-24-22-35-21-23-36-27-30-44-50(48(36)43(35)32-39)55-51(52-44)37-13-5-2-6-14-37/h1-32H. The lowest BCUT2D eigenvalue weighted by molar-refractivity contribution is 0.623. The molecule has 4 heteroatoms. The van der Waals surface area contributed by atoms with Crippen LogP contribution in [0, 0.1) is 0 Å². The number of nitrogens with zero attached hydrogens (tertiary/aromatic N) is 2. The average Bonchev–Trinajstić information content (AvgIpc) is 3.87. The Labute approximate surface area is 317 Å². The van der Waals surface area contributed by atoms with E-state index in [1.807, 2.05) is 42.5 Å². The van der Waals surface area contributed by atoms with Gasteiger partial charge in [-0.05, 0) is 105 Å². The summed E-state index contributed by atoms with van der Waals surface area (Å²) in [6.07, 6.45) is 0. The topological polar surface area (TPSA) is 42.4 Å². The second-order valence-corrected chi connectivity index (χ2v) is 13.9. The molecule has 0 aliphatic carbocycles. The van der Waals surface area contributed by atoms with Crippen LogP contribution < -0.4 is 4.90 Å². The van der Waals surface area contributed by atoms with Crippen LogP contribution in [0.25, 0.3) is 88.3 Å². The number of benzene rings is 9. The van der Waals surface area contributed by atoms with E-state index in [0.717, 1.165) is 88.3 Å². The molecule has 0 saturated heterocycles. The highest BCUT2D eigenvalue weighted by Crippen LogP contribution is 2.44. The maximum absolute atomic E-state index is 6.54. The molecule has 0 spiro atoms. The first-order chi connectivity index (χ1) is 27.2. The van der Waals surface area contributed by atoms with Gasteiger partial charge < -0.3 is 13.7 Å². The molecule has 2 aromatic heterocycles. The number of aromatic nitrogens is 1. The van der Waals surface area contributed by atoms with Gasteiger partial charge in [0, 0.05) is 27.7 Å². The number of rotatable bonds is 6. The maximum atomic E-state index is 6.54. The highest BCUT2D eigenvalue weighted by molar-refractivity contribution is 6.19. The summed E-state index contributed by atoms with van der Waals surface area (Å²) in [7, 11) is 0. The van der Waals surface area contributed by atoms with Crippen molar-refractivity contribution in [3.05, 3.63) is 194 Å². The molecule has 11 aromatic rings. The molecule has 4 nitrogen and oxygen atoms in total. The van der Waals surface area contributed by atoms with E-state index in [1.54, 1.807) is 0 Å². The van der Waals surface area contributed by atoms with Crippen LogP contribution in [0.4, 0.5) is 17.1 Å². The lowest BCUT2D eigenvalue weighted by Gasteiger charge is -2.27. The van der Waals surface area contributed by atoms with Gasteiger partial charge in [-0.3, -0.25) is 0 Å². The van der Waals surface area contributed by atoms with Gasteiger partial charge in [-0.15, -0.1) is 0 Å². The Morgan fingerprint density at radius 2 is 1.02 bits per heavy atom. The van der Waals surface area contributed by atoms with Crippen LogP contribution >= 0.6 is 0 Å². The fourth-order valence-electron chi connectivity index (χ4n) is 8.03. The van der Waals surface area contributed by atoms with Crippen molar-refractivity contribution < 1.29 is 8.83 Å². The molecular formula is C51H32N2O2. The Kier molecular flexibility index (Phi) is 7.14. The first kappa shape index (κ1) is 31.1. The van der Waals surface area contributed by atoms with Gasteiger partial charge in [0.05, 0.1) is 11.1 Å². The summed E-state index contributed by atoms with van der Waals surface area (Å²) < 4.78 is 12.9. The molecule has 0 aliphatic rings. The van der Waals surface area contributed by atoms with Gasteiger partial charge in [0.1, 0.15) is 16.7 Å². The Balaban J connectivity index is 1.08. The predicted octanol–water partition coefficient (Wildman–Crippen LogP) is 14.5. The maximum Gasteiger partial charge on any atom is 0.227 e. The van der Waals surface area contributed by atoms with Crippen LogP contribution in [0.15, 0.2) is 203 Å². The Hall–Kier alpha value is -7.43. The molecule has 0 aliphatic heterocycles. The molecule has 0 saturated carbocycles. The van der Waals surface area contributed by atoms with E-state index in [9.17, 15) is 0 Å². The molecule has 0 N–H and O–H groups in total. The van der Waals surface area contributed by atoms with Gasteiger partial charge in [0.15, 0.2) is 5.58 Å². The van der Waals surface area contributed by atoms with Gasteiger partial charge in [-0.2, -0.15) is 0 Å². The van der Waals surface area contributed by atoms with Gasteiger partial charge >= 0.3 is 0 Å². The number of hydrogen-bond donors (Lipinski definition) is 0. The molecule has 258 valence electrons. The summed E-state index contributed by atoms with van der Waals surface area (Å²) in [6, 6.07) is 68.2. The minimum Gasteiger partial charge on any atom is -0.456 e. The molecule has 11 rings (SSSR count). The van der Waals surface area contributed by atoms with Crippen LogP contribution in [0.1, 0.15) is 0 Å². The molecule has 0 bridgehead atoms. The van der Waals surface area contributed by atoms with Crippen molar-refractivity contribution in [3.8, 4) is 33.7 Å². The smallest absolute Gasteiger partial charge is 0.227 e. The summed E-state index contributed by atoms with van der Waals surface area (Å²) in [6.45, 7) is 0. The molecule has 9 aromatic carbocycles. The number of fused-ring (bicyclic) bond motifs is 8. The van der Waals surface area contributed by atoms with Crippen molar-refractivity contribution in [2.75, 3.05) is 4.90 Å². The predicted molar refractivity (Wildman–Crippen MR) is 227 cm³/mol. The summed E-state index contributed by atoms with van der Waals surface area (Å²) in [5.74, 6) is 0.626. The third-order valence-corrected chi connectivity index (χ3v) is 10.7. The van der Waals surface area contributed by atoms with Crippen molar-refractivity contribution in [2.24, 2.45) is 0 Å². The first-order valence-corrected chi connectivity index (χ1v) is 18.5. The van der Waals surface area contributed by atoms with E-state index in [0.29, 0.717) is 5.89 Å². The second-order valence-electron chi connectivity index (χ2n) is 13.9. The third-order valence-electron chi connectivity index (χ3n) is 10.7. The molecular weight excluding hydrogens is 673 g/mol. The van der Waals surface area contributed by atoms with Crippen LogP contribution in [-0.2, 0) is 0 Å². The summed E-state index contributed by atoms with van der Waals surface area (Å²) in [5, 5.41) is 6.64. The second kappa shape index (κ2) is 12.6. The van der Waals surface area contributed by atoms with E-state index in [-0.39, 0.29) is 0 Å². The average molecular weight is 705 g/mol. The van der Waals surface area contributed by atoms with E-state index in [1.165, 1.54) is 11.1 Å². The summed E-state index contributed by atoms with van der Waals surface area (Å²) >= 11 is 0. The quantitative estimate of drug-likeness (QED) is 0.162. The summed E-state index contributed by atoms with van der Waals surface area (Å²) in [5.41, 5.74) is 12.1. The SMILES string of the molecule is c1ccc(-c2ccc(N(c3cccc(-c4ccc5ccc6ccc7nc(-c8ccccc8)oc7c6c5c4)c3)c3cccc4oc5ccccc5c34)cc2)cc1. The highest BCUT2D eigenvalue weighted by Gasteiger charge is 2.20. The molecule has 2 heterocycles. The van der Waals surface area contributed by atoms with E-state index < -0.39 is 0 Å². The molecule has 0 amide bonds. The number of anilines is 3. The van der Waals surface area contributed by atoms with Gasteiger partial charge in [0.25, 0.3) is 0 Å². The number of oxazole rings is 1. The molecule has 0 radical (unpaired) electrons. The minimum atomic E-state index is 0.626. The van der Waals surface area contributed by atoms with E-state index in [2.05, 4.69) is 157 Å². The zero-order valence-corrected chi connectivity index (χ0v) is 29.7. The molecule has 0 atom stereocenters. The van der Waals surface area contributed by atoms with Crippen molar-refractivity contribution in [3.63, 3.8) is 0 Å². The Bertz CT molecular complexity index is 3200. The lowest BCUT2D eigenvalue weighted by atomic mass is 9.96. The third kappa shape index (κ3) is 5.26. The van der Waals surface area contributed by atoms with Gasteiger partial charge in [0.2, 0.25) is 5.89 Å². The zero-order valence-electron chi connectivity index (χ0n) is 29.7. The Morgan fingerprint density at radius 3 is 1.87 bits per heavy atom. The van der Waals surface area contributed by atoms with Crippen molar-refractivity contribution in [1.29, 1.82) is 0 Å². The van der Waals surface area contributed by atoms with Crippen LogP contribution in [0.2, 0.25) is 0 Å². The highest BCUT2D eigenvalue weighted by atomic mass is 16.3. The fraction of sp³-hybridized carbons (Fsp3) is 0. The zero-order chi connectivity index (χ0) is 36.3. The van der Waals surface area contributed by atoms with Gasteiger partial charge in [-0.1, -0.05) is 127 Å². The molecule has 0 unspecified atom stereocenters. The summed E-state index contributed by atoms with van der Waals surface area (Å²) in [4.78, 5) is 7.24. The molecule has 0 fully saturated rings. The lowest BCUT2D eigenvalue weighted by Crippen LogP contribution is -2.10. The minimum absolute atomic E-state index is 0.626. The normalized spacial score (nSPS) is 11.6. The largest absolute Gasteiger partial charge is 0.456 e. The van der Waals surface area contributed by atoms with Crippen LogP contribution in [-0.4, -0.2) is 4.98 Å². The monoisotopic (exact) mass is 704 g/mol. The Morgan fingerprint density at radius 1 is 0.382 bits per heavy atom.